The SMILES string of the molecule is NC1=NC(NCC2CCC(CNCCCNC3CCCCC3)CC2)N=C(N2CCN(CCP3(=O)Nc4ccccc4CO3)CC2)C1. The summed E-state index contributed by atoms with van der Waals surface area (Å²) in [6, 6.07) is 8.71. The molecule has 256 valence electrons. The van der Waals surface area contributed by atoms with Crippen molar-refractivity contribution in [2.75, 3.05) is 70.2 Å². The van der Waals surface area contributed by atoms with Gasteiger partial charge in [0.1, 0.15) is 11.7 Å². The topological polar surface area (TPSA) is 132 Å². The Morgan fingerprint density at radius 1 is 0.913 bits per heavy atom. The van der Waals surface area contributed by atoms with Crippen LogP contribution in [0.2, 0.25) is 0 Å². The van der Waals surface area contributed by atoms with E-state index in [-0.39, 0.29) is 6.29 Å². The van der Waals surface area contributed by atoms with Crippen LogP contribution in [0.3, 0.4) is 0 Å². The average molecular weight is 656 g/mol. The van der Waals surface area contributed by atoms with Gasteiger partial charge in [-0.25, -0.2) is 9.98 Å². The fourth-order valence-corrected chi connectivity index (χ4v) is 9.46. The highest BCUT2D eigenvalue weighted by atomic mass is 31.2. The average Bonchev–Trinajstić information content (AvgIpc) is 3.09. The van der Waals surface area contributed by atoms with E-state index in [0.29, 0.717) is 30.9 Å². The van der Waals surface area contributed by atoms with E-state index in [1.54, 1.807) is 0 Å². The smallest absolute Gasteiger partial charge is 0.295 e. The summed E-state index contributed by atoms with van der Waals surface area (Å²) in [6.07, 6.45) is 14.2. The van der Waals surface area contributed by atoms with Gasteiger partial charge in [-0.05, 0) is 82.5 Å². The number of nitrogens with zero attached hydrogens (tertiary/aromatic N) is 4. The van der Waals surface area contributed by atoms with Crippen LogP contribution < -0.4 is 26.8 Å². The molecule has 12 heteroatoms. The van der Waals surface area contributed by atoms with E-state index in [2.05, 4.69) is 35.8 Å². The first-order valence-corrected chi connectivity index (χ1v) is 20.0. The first kappa shape index (κ1) is 33.9. The highest BCUT2D eigenvalue weighted by Gasteiger charge is 2.31. The normalized spacial score (nSPS) is 29.5. The summed E-state index contributed by atoms with van der Waals surface area (Å²) >= 11 is 0. The summed E-state index contributed by atoms with van der Waals surface area (Å²) in [4.78, 5) is 14.3. The molecule has 0 bridgehead atoms. The maximum Gasteiger partial charge on any atom is 0.295 e. The number of aliphatic imine (C=N–C) groups is 2. The van der Waals surface area contributed by atoms with Gasteiger partial charge < -0.3 is 30.9 Å². The van der Waals surface area contributed by atoms with Crippen LogP contribution in [0.25, 0.3) is 0 Å². The Morgan fingerprint density at radius 2 is 1.67 bits per heavy atom. The molecule has 2 atom stereocenters. The fraction of sp³-hybridized carbons (Fsp3) is 0.765. The first-order chi connectivity index (χ1) is 22.5. The van der Waals surface area contributed by atoms with Crippen molar-refractivity contribution in [1.82, 2.24) is 25.8 Å². The molecule has 0 aromatic heterocycles. The second kappa shape index (κ2) is 16.9. The van der Waals surface area contributed by atoms with E-state index in [9.17, 15) is 4.57 Å². The molecule has 11 nitrogen and oxygen atoms in total. The second-order valence-electron chi connectivity index (χ2n) is 14.1. The number of fused-ring (bicyclic) bond motifs is 1. The number of benzene rings is 1. The van der Waals surface area contributed by atoms with E-state index in [1.807, 2.05) is 24.3 Å². The lowest BCUT2D eigenvalue weighted by atomic mass is 9.82. The Kier molecular flexibility index (Phi) is 12.4. The summed E-state index contributed by atoms with van der Waals surface area (Å²) in [5.74, 6) is 3.18. The van der Waals surface area contributed by atoms with Crippen LogP contribution in [0.5, 0.6) is 0 Å². The molecule has 2 unspecified atom stereocenters. The number of nitrogens with two attached hydrogens (primary N) is 1. The molecule has 1 aromatic rings. The molecule has 0 spiro atoms. The zero-order valence-corrected chi connectivity index (χ0v) is 28.7. The van der Waals surface area contributed by atoms with Crippen LogP contribution in [0, 0.1) is 11.8 Å². The van der Waals surface area contributed by atoms with Crippen molar-refractivity contribution in [2.24, 2.45) is 27.6 Å². The quantitative estimate of drug-likeness (QED) is 0.157. The standard InChI is InChI=1S/C34H58N9O2P/c35-32-23-33(43-19-17-42(18-20-43)21-22-46(44)41-31-10-5-4-7-29(31)26-45-46)40-34(39-32)38-25-28-13-11-27(12-14-28)24-36-15-6-16-37-30-8-2-1-3-9-30/h4-5,7,10,27-28,30,34,36-38H,1-3,6,8-9,11-26H2,(H2,35,39)(H,41,44). The maximum atomic E-state index is 13.3. The number of hydrogen-bond donors (Lipinski definition) is 5. The molecule has 0 amide bonds. The molecular weight excluding hydrogens is 597 g/mol. The minimum atomic E-state index is -2.88. The zero-order chi connectivity index (χ0) is 31.6. The van der Waals surface area contributed by atoms with Crippen LogP contribution in [0.1, 0.15) is 76.2 Å². The van der Waals surface area contributed by atoms with Gasteiger partial charge in [0.25, 0.3) is 7.52 Å². The number of para-hydroxylation sites is 1. The number of nitrogens with one attached hydrogen (secondary N) is 4. The number of anilines is 1. The molecule has 0 radical (unpaired) electrons. The highest BCUT2D eigenvalue weighted by Crippen LogP contribution is 2.51. The summed E-state index contributed by atoms with van der Waals surface area (Å²) in [6.45, 7) is 9.11. The third-order valence-electron chi connectivity index (χ3n) is 10.6. The van der Waals surface area contributed by atoms with E-state index in [1.165, 1.54) is 64.2 Å². The van der Waals surface area contributed by atoms with Gasteiger partial charge in [-0.3, -0.25) is 14.8 Å². The maximum absolute atomic E-state index is 13.3. The Bertz CT molecular complexity index is 1210. The highest BCUT2D eigenvalue weighted by molar-refractivity contribution is 7.60. The number of hydrogen-bond acceptors (Lipinski definition) is 10. The van der Waals surface area contributed by atoms with E-state index < -0.39 is 7.52 Å². The number of piperazine rings is 1. The largest absolute Gasteiger partial charge is 0.387 e. The third kappa shape index (κ3) is 10.0. The van der Waals surface area contributed by atoms with Crippen LogP contribution in [0.4, 0.5) is 5.69 Å². The van der Waals surface area contributed by atoms with Crippen molar-refractivity contribution in [3.05, 3.63) is 29.8 Å². The summed E-state index contributed by atoms with van der Waals surface area (Å²) < 4.78 is 19.1. The number of amidine groups is 2. The van der Waals surface area contributed by atoms with Crippen LogP contribution in [-0.2, 0) is 15.7 Å². The van der Waals surface area contributed by atoms with Gasteiger partial charge in [0.05, 0.1) is 19.2 Å². The first-order valence-electron chi connectivity index (χ1n) is 18.1. The van der Waals surface area contributed by atoms with E-state index >= 15 is 0 Å². The zero-order valence-electron chi connectivity index (χ0n) is 27.8. The second-order valence-corrected chi connectivity index (χ2v) is 16.4. The Labute approximate surface area is 276 Å². The van der Waals surface area contributed by atoms with Crippen molar-refractivity contribution < 1.29 is 9.09 Å². The van der Waals surface area contributed by atoms with Gasteiger partial charge in [0.15, 0.2) is 6.29 Å². The molecule has 5 aliphatic rings. The molecule has 1 aromatic carbocycles. The summed E-state index contributed by atoms with van der Waals surface area (Å²) in [7, 11) is -2.88. The van der Waals surface area contributed by atoms with Gasteiger partial charge in [-0.1, -0.05) is 37.5 Å². The van der Waals surface area contributed by atoms with Crippen LogP contribution in [0.15, 0.2) is 34.3 Å². The molecule has 2 aliphatic carbocycles. The minimum Gasteiger partial charge on any atom is -0.387 e. The van der Waals surface area contributed by atoms with Crippen molar-refractivity contribution in [3.63, 3.8) is 0 Å². The summed E-state index contributed by atoms with van der Waals surface area (Å²) in [5, 5.41) is 14.3. The summed E-state index contributed by atoms with van der Waals surface area (Å²) in [5.41, 5.74) is 8.29. The van der Waals surface area contributed by atoms with Gasteiger partial charge in [-0.15, -0.1) is 0 Å². The van der Waals surface area contributed by atoms with Crippen molar-refractivity contribution in [2.45, 2.75) is 89.6 Å². The van der Waals surface area contributed by atoms with E-state index in [4.69, 9.17) is 15.2 Å². The van der Waals surface area contributed by atoms with E-state index in [0.717, 1.165) is 87.9 Å². The molecule has 6 rings (SSSR count). The monoisotopic (exact) mass is 655 g/mol. The number of rotatable bonds is 13. The van der Waals surface area contributed by atoms with Gasteiger partial charge in [0.2, 0.25) is 0 Å². The molecular formula is C34H58N9O2P. The third-order valence-corrected chi connectivity index (χ3v) is 12.6. The van der Waals surface area contributed by atoms with Gasteiger partial charge in [0, 0.05) is 56.6 Å². The van der Waals surface area contributed by atoms with Crippen molar-refractivity contribution in [3.8, 4) is 0 Å². The lowest BCUT2D eigenvalue weighted by Gasteiger charge is -2.38. The Balaban J connectivity index is 0.845. The fourth-order valence-electron chi connectivity index (χ4n) is 7.68. The molecule has 3 fully saturated rings. The predicted octanol–water partition coefficient (Wildman–Crippen LogP) is 4.18. The van der Waals surface area contributed by atoms with Crippen molar-refractivity contribution in [1.29, 1.82) is 0 Å². The Morgan fingerprint density at radius 3 is 2.48 bits per heavy atom. The lowest BCUT2D eigenvalue weighted by molar-refractivity contribution is 0.186. The predicted molar refractivity (Wildman–Crippen MR) is 189 cm³/mol. The molecule has 3 aliphatic heterocycles. The minimum absolute atomic E-state index is 0.286. The van der Waals surface area contributed by atoms with Gasteiger partial charge in [-0.2, -0.15) is 0 Å². The molecule has 2 saturated carbocycles. The van der Waals surface area contributed by atoms with Gasteiger partial charge >= 0.3 is 0 Å². The molecule has 1 saturated heterocycles. The Hall–Kier alpha value is -2.01. The molecule has 46 heavy (non-hydrogen) atoms. The molecule has 3 heterocycles. The van der Waals surface area contributed by atoms with Crippen LogP contribution >= 0.6 is 7.52 Å². The molecule has 6 N–H and O–H groups in total. The lowest BCUT2D eigenvalue weighted by Crippen LogP contribution is -2.51. The van der Waals surface area contributed by atoms with Crippen molar-refractivity contribution >= 4 is 24.9 Å². The van der Waals surface area contributed by atoms with Crippen LogP contribution in [-0.4, -0.2) is 98.9 Å².